The molecule has 7 aromatic carbocycles. The molecule has 9 rings (SSSR count). The van der Waals surface area contributed by atoms with Gasteiger partial charge in [-0.25, -0.2) is 0 Å². The summed E-state index contributed by atoms with van der Waals surface area (Å²) in [6.45, 7) is 0. The molecule has 0 N–H and O–H groups in total. The first-order valence-corrected chi connectivity index (χ1v) is 16.9. The molecular weight excluding hydrogens is 595 g/mol. The van der Waals surface area contributed by atoms with Gasteiger partial charge >= 0.3 is 0 Å². The lowest BCUT2D eigenvalue weighted by molar-refractivity contribution is 1.48. The summed E-state index contributed by atoms with van der Waals surface area (Å²) in [5.74, 6) is 0. The molecule has 0 radical (unpaired) electrons. The first-order chi connectivity index (χ1) is 22.7. The molecule has 0 aliphatic rings. The first-order valence-electron chi connectivity index (χ1n) is 15.3. The number of nitriles is 1. The van der Waals surface area contributed by atoms with Crippen LogP contribution in [0.4, 0.5) is 0 Å². The van der Waals surface area contributed by atoms with Crippen molar-refractivity contribution >= 4 is 63.0 Å². The van der Waals surface area contributed by atoms with Gasteiger partial charge in [-0.05, 0) is 105 Å². The van der Waals surface area contributed by atoms with Crippen LogP contribution in [0, 0.1) is 11.3 Å². The fourth-order valence-electron chi connectivity index (χ4n) is 6.69. The smallest absolute Gasteiger partial charge is 0.0992 e. The van der Waals surface area contributed by atoms with Crippen LogP contribution in [0.15, 0.2) is 152 Å². The number of nitrogens with zero attached hydrogens (tertiary/aromatic N) is 1. The van der Waals surface area contributed by atoms with Crippen LogP contribution in [-0.4, -0.2) is 0 Å². The van der Waals surface area contributed by atoms with Crippen LogP contribution in [0.3, 0.4) is 0 Å². The second kappa shape index (κ2) is 10.8. The van der Waals surface area contributed by atoms with Gasteiger partial charge < -0.3 is 0 Å². The van der Waals surface area contributed by atoms with Crippen molar-refractivity contribution in [2.24, 2.45) is 0 Å². The van der Waals surface area contributed by atoms with Crippen molar-refractivity contribution in [3.05, 3.63) is 157 Å². The van der Waals surface area contributed by atoms with Gasteiger partial charge in [0.15, 0.2) is 0 Å². The molecule has 0 unspecified atom stereocenters. The molecule has 2 heterocycles. The molecule has 0 atom stereocenters. The van der Waals surface area contributed by atoms with E-state index < -0.39 is 0 Å². The van der Waals surface area contributed by atoms with Crippen LogP contribution >= 0.6 is 22.7 Å². The Bertz CT molecular complexity index is 2650. The Morgan fingerprint density at radius 3 is 1.72 bits per heavy atom. The Morgan fingerprint density at radius 1 is 0.370 bits per heavy atom. The predicted octanol–water partition coefficient (Wildman–Crippen LogP) is 13.0. The number of hydrogen-bond acceptors (Lipinski definition) is 3. The highest BCUT2D eigenvalue weighted by Crippen LogP contribution is 2.43. The van der Waals surface area contributed by atoms with Gasteiger partial charge in [-0.15, -0.1) is 22.7 Å². The Balaban J connectivity index is 1.30. The SMILES string of the molecule is N#Cc1cc(-c2ccccc2)cc(-c2cc(-c3ccc4c(c3)sc3ccccc34)cc(-c3cccc4sc5ccccc5c34)c2)c1. The summed E-state index contributed by atoms with van der Waals surface area (Å²) in [6.07, 6.45) is 0. The second-order valence-corrected chi connectivity index (χ2v) is 13.8. The van der Waals surface area contributed by atoms with Crippen molar-refractivity contribution in [2.75, 3.05) is 0 Å². The average molecular weight is 620 g/mol. The summed E-state index contributed by atoms with van der Waals surface area (Å²) >= 11 is 3.69. The van der Waals surface area contributed by atoms with Crippen LogP contribution in [0.25, 0.3) is 84.9 Å². The van der Waals surface area contributed by atoms with Gasteiger partial charge in [0.2, 0.25) is 0 Å². The lowest BCUT2D eigenvalue weighted by atomic mass is 9.90. The number of thiophene rings is 2. The van der Waals surface area contributed by atoms with E-state index in [1.807, 2.05) is 53.0 Å². The molecule has 9 aromatic rings. The lowest BCUT2D eigenvalue weighted by Gasteiger charge is -2.14. The van der Waals surface area contributed by atoms with Gasteiger partial charge in [0.05, 0.1) is 11.6 Å². The van der Waals surface area contributed by atoms with Crippen molar-refractivity contribution in [3.63, 3.8) is 0 Å². The van der Waals surface area contributed by atoms with E-state index >= 15 is 0 Å². The highest BCUT2D eigenvalue weighted by Gasteiger charge is 2.15. The molecule has 0 amide bonds. The maximum Gasteiger partial charge on any atom is 0.0992 e. The fraction of sp³-hybridized carbons (Fsp3) is 0. The zero-order chi connectivity index (χ0) is 30.6. The third-order valence-electron chi connectivity index (χ3n) is 8.86. The number of fused-ring (bicyclic) bond motifs is 6. The number of hydrogen-bond donors (Lipinski definition) is 0. The zero-order valence-electron chi connectivity index (χ0n) is 24.7. The maximum absolute atomic E-state index is 10.1. The highest BCUT2D eigenvalue weighted by molar-refractivity contribution is 7.26. The minimum Gasteiger partial charge on any atom is -0.192 e. The van der Waals surface area contributed by atoms with E-state index in [2.05, 4.69) is 127 Å². The Hall–Kier alpha value is -5.53. The van der Waals surface area contributed by atoms with Gasteiger partial charge in [0.25, 0.3) is 0 Å². The molecule has 214 valence electrons. The Kier molecular flexibility index (Phi) is 6.31. The Labute approximate surface area is 274 Å². The summed E-state index contributed by atoms with van der Waals surface area (Å²) in [5, 5.41) is 15.2. The van der Waals surface area contributed by atoms with E-state index in [1.165, 1.54) is 57.0 Å². The molecule has 0 fully saturated rings. The highest BCUT2D eigenvalue weighted by atomic mass is 32.1. The van der Waals surface area contributed by atoms with E-state index in [0.717, 1.165) is 27.8 Å². The lowest BCUT2D eigenvalue weighted by Crippen LogP contribution is -1.89. The fourth-order valence-corrected chi connectivity index (χ4v) is 8.97. The molecule has 0 saturated carbocycles. The van der Waals surface area contributed by atoms with Crippen LogP contribution in [0.1, 0.15) is 5.56 Å². The van der Waals surface area contributed by atoms with E-state index in [-0.39, 0.29) is 0 Å². The largest absolute Gasteiger partial charge is 0.192 e. The van der Waals surface area contributed by atoms with Gasteiger partial charge in [-0.3, -0.25) is 0 Å². The van der Waals surface area contributed by atoms with Gasteiger partial charge in [-0.1, -0.05) is 91.0 Å². The molecule has 46 heavy (non-hydrogen) atoms. The van der Waals surface area contributed by atoms with Crippen LogP contribution in [0.5, 0.6) is 0 Å². The third kappa shape index (κ3) is 4.51. The summed E-state index contributed by atoms with van der Waals surface area (Å²) in [5.41, 5.74) is 9.65. The normalized spacial score (nSPS) is 11.5. The maximum atomic E-state index is 10.1. The van der Waals surface area contributed by atoms with E-state index in [9.17, 15) is 5.26 Å². The van der Waals surface area contributed by atoms with E-state index in [4.69, 9.17) is 0 Å². The zero-order valence-corrected chi connectivity index (χ0v) is 26.3. The van der Waals surface area contributed by atoms with Crippen molar-refractivity contribution in [3.8, 4) is 50.6 Å². The minimum atomic E-state index is 0.654. The molecule has 0 aliphatic heterocycles. The molecule has 0 bridgehead atoms. The van der Waals surface area contributed by atoms with Crippen LogP contribution in [0.2, 0.25) is 0 Å². The Morgan fingerprint density at radius 2 is 0.935 bits per heavy atom. The molecule has 0 saturated heterocycles. The van der Waals surface area contributed by atoms with Gasteiger partial charge in [-0.2, -0.15) is 5.26 Å². The monoisotopic (exact) mass is 619 g/mol. The van der Waals surface area contributed by atoms with Crippen LogP contribution in [-0.2, 0) is 0 Å². The van der Waals surface area contributed by atoms with Crippen molar-refractivity contribution in [1.29, 1.82) is 5.26 Å². The first kappa shape index (κ1) is 26.8. The standard InChI is InChI=1S/C43H25NS2/c44-26-27-19-30(28-9-2-1-3-10-28)21-31(20-27)33-22-32(29-17-18-37-36-11-4-6-14-39(36)46-42(37)25-29)23-34(24-33)35-13-8-16-41-43(35)38-12-5-7-15-40(38)45-41/h1-25H. The molecule has 0 spiro atoms. The van der Waals surface area contributed by atoms with Gasteiger partial charge in [0.1, 0.15) is 0 Å². The molecule has 1 nitrogen and oxygen atoms in total. The summed E-state index contributed by atoms with van der Waals surface area (Å²) in [4.78, 5) is 0. The van der Waals surface area contributed by atoms with E-state index in [0.29, 0.717) is 5.56 Å². The molecule has 2 aromatic heterocycles. The molecular formula is C43H25NS2. The van der Waals surface area contributed by atoms with Gasteiger partial charge in [0, 0.05) is 40.3 Å². The van der Waals surface area contributed by atoms with Crippen molar-refractivity contribution in [1.82, 2.24) is 0 Å². The molecule has 3 heteroatoms. The summed E-state index contributed by atoms with van der Waals surface area (Å²) in [6, 6.07) is 56.7. The quantitative estimate of drug-likeness (QED) is 0.192. The second-order valence-electron chi connectivity index (χ2n) is 11.7. The average Bonchev–Trinajstić information content (AvgIpc) is 3.69. The van der Waals surface area contributed by atoms with Crippen molar-refractivity contribution < 1.29 is 0 Å². The predicted molar refractivity (Wildman–Crippen MR) is 199 cm³/mol. The summed E-state index contributed by atoms with van der Waals surface area (Å²) in [7, 11) is 0. The molecule has 0 aliphatic carbocycles. The summed E-state index contributed by atoms with van der Waals surface area (Å²) < 4.78 is 5.18. The minimum absolute atomic E-state index is 0.654. The van der Waals surface area contributed by atoms with Crippen molar-refractivity contribution in [2.45, 2.75) is 0 Å². The number of rotatable bonds is 4. The third-order valence-corrected chi connectivity index (χ3v) is 11.1. The number of benzene rings is 7. The topological polar surface area (TPSA) is 23.8 Å². The van der Waals surface area contributed by atoms with Crippen LogP contribution < -0.4 is 0 Å². The van der Waals surface area contributed by atoms with E-state index in [1.54, 1.807) is 0 Å².